The van der Waals surface area contributed by atoms with E-state index in [1.807, 2.05) is 0 Å². The van der Waals surface area contributed by atoms with Crippen molar-refractivity contribution in [3.05, 3.63) is 54.4 Å². The van der Waals surface area contributed by atoms with Gasteiger partial charge in [0.25, 0.3) is 5.91 Å². The van der Waals surface area contributed by atoms with Crippen molar-refractivity contribution in [3.63, 3.8) is 0 Å². The molecule has 0 bridgehead atoms. The van der Waals surface area contributed by atoms with Gasteiger partial charge in [-0.05, 0) is 36.2 Å². The van der Waals surface area contributed by atoms with Crippen LogP contribution in [-0.4, -0.2) is 40.9 Å². The predicted molar refractivity (Wildman–Crippen MR) is 98.0 cm³/mol. The lowest BCUT2D eigenvalue weighted by Crippen LogP contribution is -2.31. The number of ether oxygens (including phenoxy) is 1. The second-order valence-electron chi connectivity index (χ2n) is 6.10. The smallest absolute Gasteiger partial charge is 0.325 e. The number of carbonyl (C=O) groups excluding carboxylic acids is 3. The summed E-state index contributed by atoms with van der Waals surface area (Å²) in [5.41, 5.74) is 1.40. The standard InChI is InChI=1S/C19H20N4O4/c1-27-15-6-4-13(5-7-15)12-23-18(25)16(22-19(23)26)8-9-17(24)21-14-3-2-10-20-11-14/h2-7,10-11,16H,8-9,12H2,1H3,(H,21,24)(H,22,26)/t16-/m1/s1. The fourth-order valence-electron chi connectivity index (χ4n) is 2.77. The van der Waals surface area contributed by atoms with Gasteiger partial charge in [-0.2, -0.15) is 0 Å². The van der Waals surface area contributed by atoms with Gasteiger partial charge < -0.3 is 15.4 Å². The molecule has 1 aliphatic heterocycles. The molecule has 140 valence electrons. The summed E-state index contributed by atoms with van der Waals surface area (Å²) in [5.74, 6) is 0.136. The number of hydrogen-bond donors (Lipinski definition) is 2. The number of hydrogen-bond acceptors (Lipinski definition) is 5. The predicted octanol–water partition coefficient (Wildman–Crippen LogP) is 1.93. The van der Waals surface area contributed by atoms with E-state index in [0.717, 1.165) is 10.5 Å². The molecule has 0 spiro atoms. The molecule has 0 aliphatic carbocycles. The number of aromatic nitrogens is 1. The van der Waals surface area contributed by atoms with Crippen LogP contribution >= 0.6 is 0 Å². The first-order valence-corrected chi connectivity index (χ1v) is 8.51. The second kappa shape index (κ2) is 8.31. The number of pyridine rings is 1. The maximum absolute atomic E-state index is 12.5. The highest BCUT2D eigenvalue weighted by Crippen LogP contribution is 2.18. The van der Waals surface area contributed by atoms with Crippen molar-refractivity contribution < 1.29 is 19.1 Å². The number of nitrogens with zero attached hydrogens (tertiary/aromatic N) is 2. The Morgan fingerprint density at radius 1 is 1.26 bits per heavy atom. The Hall–Kier alpha value is -3.42. The summed E-state index contributed by atoms with van der Waals surface area (Å²) in [6.07, 6.45) is 3.49. The average molecular weight is 368 g/mol. The van der Waals surface area contributed by atoms with Crippen LogP contribution in [0.3, 0.4) is 0 Å². The quantitative estimate of drug-likeness (QED) is 0.728. The molecule has 2 N–H and O–H groups in total. The molecule has 3 rings (SSSR count). The molecule has 2 aromatic rings. The van der Waals surface area contributed by atoms with Gasteiger partial charge in [0, 0.05) is 12.6 Å². The second-order valence-corrected chi connectivity index (χ2v) is 6.10. The van der Waals surface area contributed by atoms with E-state index in [-0.39, 0.29) is 31.2 Å². The average Bonchev–Trinajstić information content (AvgIpc) is 2.95. The summed E-state index contributed by atoms with van der Waals surface area (Å²) in [5, 5.41) is 5.34. The van der Waals surface area contributed by atoms with Crippen LogP contribution in [0, 0.1) is 0 Å². The summed E-state index contributed by atoms with van der Waals surface area (Å²) in [7, 11) is 1.57. The largest absolute Gasteiger partial charge is 0.497 e. The van der Waals surface area contributed by atoms with E-state index in [1.165, 1.54) is 6.20 Å². The third-order valence-corrected chi connectivity index (χ3v) is 4.21. The normalized spacial score (nSPS) is 16.2. The number of rotatable bonds is 7. The molecule has 0 unspecified atom stereocenters. The van der Waals surface area contributed by atoms with E-state index in [4.69, 9.17) is 4.74 Å². The number of benzene rings is 1. The van der Waals surface area contributed by atoms with Crippen LogP contribution in [0.25, 0.3) is 0 Å². The highest BCUT2D eigenvalue weighted by atomic mass is 16.5. The molecular weight excluding hydrogens is 348 g/mol. The van der Waals surface area contributed by atoms with Crippen LogP contribution in [0.5, 0.6) is 5.75 Å². The Labute approximate surface area is 156 Å². The lowest BCUT2D eigenvalue weighted by Gasteiger charge is -2.13. The number of urea groups is 1. The van der Waals surface area contributed by atoms with E-state index in [1.54, 1.807) is 49.7 Å². The zero-order valence-electron chi connectivity index (χ0n) is 14.8. The molecule has 0 radical (unpaired) electrons. The van der Waals surface area contributed by atoms with Gasteiger partial charge in [0.15, 0.2) is 0 Å². The Morgan fingerprint density at radius 2 is 2.04 bits per heavy atom. The lowest BCUT2D eigenvalue weighted by atomic mass is 10.1. The molecule has 1 aliphatic rings. The van der Waals surface area contributed by atoms with Crippen LogP contribution in [0.15, 0.2) is 48.8 Å². The van der Waals surface area contributed by atoms with E-state index in [0.29, 0.717) is 11.4 Å². The van der Waals surface area contributed by atoms with Crippen molar-refractivity contribution in [2.24, 2.45) is 0 Å². The first-order chi connectivity index (χ1) is 13.1. The van der Waals surface area contributed by atoms with Gasteiger partial charge >= 0.3 is 6.03 Å². The van der Waals surface area contributed by atoms with Crippen LogP contribution in [0.2, 0.25) is 0 Å². The fraction of sp³-hybridized carbons (Fsp3) is 0.263. The summed E-state index contributed by atoms with van der Waals surface area (Å²) in [4.78, 5) is 41.7. The maximum Gasteiger partial charge on any atom is 0.325 e. The molecule has 1 atom stereocenters. The van der Waals surface area contributed by atoms with Crippen LogP contribution in [0.1, 0.15) is 18.4 Å². The van der Waals surface area contributed by atoms with E-state index < -0.39 is 12.1 Å². The summed E-state index contributed by atoms with van der Waals surface area (Å²) in [6.45, 7) is 0.174. The minimum absolute atomic E-state index is 0.113. The monoisotopic (exact) mass is 368 g/mol. The molecule has 1 aromatic carbocycles. The first-order valence-electron chi connectivity index (χ1n) is 8.51. The summed E-state index contributed by atoms with van der Waals surface area (Å²) in [6, 6.07) is 9.44. The van der Waals surface area contributed by atoms with Crippen molar-refractivity contribution in [3.8, 4) is 5.75 Å². The highest BCUT2D eigenvalue weighted by molar-refractivity contribution is 6.04. The molecule has 1 fully saturated rings. The number of amides is 4. The van der Waals surface area contributed by atoms with Crippen LogP contribution in [-0.2, 0) is 16.1 Å². The van der Waals surface area contributed by atoms with Crippen molar-refractivity contribution in [2.45, 2.75) is 25.4 Å². The lowest BCUT2D eigenvalue weighted by molar-refractivity contribution is -0.128. The first kappa shape index (κ1) is 18.4. The Balaban J connectivity index is 1.53. The van der Waals surface area contributed by atoms with Crippen molar-refractivity contribution in [2.75, 3.05) is 12.4 Å². The number of anilines is 1. The fourth-order valence-corrected chi connectivity index (χ4v) is 2.77. The number of methoxy groups -OCH3 is 1. The summed E-state index contributed by atoms with van der Waals surface area (Å²) >= 11 is 0. The van der Waals surface area contributed by atoms with Gasteiger partial charge in [0.2, 0.25) is 5.91 Å². The van der Waals surface area contributed by atoms with E-state index >= 15 is 0 Å². The third kappa shape index (κ3) is 4.60. The zero-order valence-corrected chi connectivity index (χ0v) is 14.8. The number of carbonyl (C=O) groups is 3. The minimum atomic E-state index is -0.699. The highest BCUT2D eigenvalue weighted by Gasteiger charge is 2.37. The zero-order chi connectivity index (χ0) is 19.2. The number of nitrogens with one attached hydrogen (secondary N) is 2. The van der Waals surface area contributed by atoms with Crippen molar-refractivity contribution in [1.29, 1.82) is 0 Å². The molecular formula is C19H20N4O4. The maximum atomic E-state index is 12.5. The third-order valence-electron chi connectivity index (χ3n) is 4.21. The van der Waals surface area contributed by atoms with Gasteiger partial charge in [-0.25, -0.2) is 4.79 Å². The van der Waals surface area contributed by atoms with Gasteiger partial charge in [-0.3, -0.25) is 19.5 Å². The SMILES string of the molecule is COc1ccc(CN2C(=O)N[C@H](CCC(=O)Nc3cccnc3)C2=O)cc1. The van der Waals surface area contributed by atoms with Gasteiger partial charge in [-0.1, -0.05) is 12.1 Å². The number of imide groups is 1. The van der Waals surface area contributed by atoms with Crippen LogP contribution < -0.4 is 15.4 Å². The van der Waals surface area contributed by atoms with Crippen molar-refractivity contribution in [1.82, 2.24) is 15.2 Å². The van der Waals surface area contributed by atoms with E-state index in [2.05, 4.69) is 15.6 Å². The molecule has 4 amide bonds. The van der Waals surface area contributed by atoms with Gasteiger partial charge in [-0.15, -0.1) is 0 Å². The molecule has 1 aromatic heterocycles. The summed E-state index contributed by atoms with van der Waals surface area (Å²) < 4.78 is 5.09. The molecule has 8 heteroatoms. The molecule has 0 saturated carbocycles. The Kier molecular flexibility index (Phi) is 5.65. The Bertz CT molecular complexity index is 823. The molecule has 8 nitrogen and oxygen atoms in total. The Morgan fingerprint density at radius 3 is 2.70 bits per heavy atom. The molecule has 1 saturated heterocycles. The van der Waals surface area contributed by atoms with Crippen molar-refractivity contribution >= 4 is 23.5 Å². The topological polar surface area (TPSA) is 101 Å². The van der Waals surface area contributed by atoms with Crippen LogP contribution in [0.4, 0.5) is 10.5 Å². The van der Waals surface area contributed by atoms with E-state index in [9.17, 15) is 14.4 Å². The molecule has 27 heavy (non-hydrogen) atoms. The minimum Gasteiger partial charge on any atom is -0.497 e. The molecule has 2 heterocycles. The van der Waals surface area contributed by atoms with Gasteiger partial charge in [0.1, 0.15) is 11.8 Å². The van der Waals surface area contributed by atoms with Gasteiger partial charge in [0.05, 0.1) is 25.5 Å².